The van der Waals surface area contributed by atoms with Crippen LogP contribution in [0.1, 0.15) is 12.5 Å². The maximum absolute atomic E-state index is 5.89. The van der Waals surface area contributed by atoms with Crippen LogP contribution in [0.4, 0.5) is 0 Å². The Morgan fingerprint density at radius 3 is 2.85 bits per heavy atom. The van der Waals surface area contributed by atoms with Crippen molar-refractivity contribution in [2.75, 3.05) is 6.61 Å². The SMILES string of the molecule is CCOP(=S)(Cl)Oc1sccc1C. The Kier molecular flexibility index (Phi) is 4.20. The summed E-state index contributed by atoms with van der Waals surface area (Å²) in [6.45, 7) is 4.27. The molecule has 13 heavy (non-hydrogen) atoms. The second-order valence-electron chi connectivity index (χ2n) is 2.33. The predicted molar refractivity (Wildman–Crippen MR) is 61.4 cm³/mol. The first-order valence-electron chi connectivity index (χ1n) is 3.73. The summed E-state index contributed by atoms with van der Waals surface area (Å²) >= 11 is 12.4. The average molecular weight is 257 g/mol. The fourth-order valence-electron chi connectivity index (χ4n) is 0.732. The predicted octanol–water partition coefficient (Wildman–Crippen LogP) is 3.94. The molecule has 0 aromatic carbocycles. The molecule has 0 fully saturated rings. The highest BCUT2D eigenvalue weighted by Gasteiger charge is 2.17. The van der Waals surface area contributed by atoms with Gasteiger partial charge in [-0.05, 0) is 48.3 Å². The molecular weight excluding hydrogens is 247 g/mol. The van der Waals surface area contributed by atoms with E-state index in [0.717, 1.165) is 10.6 Å². The van der Waals surface area contributed by atoms with Crippen molar-refractivity contribution in [2.45, 2.75) is 13.8 Å². The van der Waals surface area contributed by atoms with Crippen molar-refractivity contribution in [1.82, 2.24) is 0 Å². The van der Waals surface area contributed by atoms with Crippen LogP contribution in [-0.4, -0.2) is 6.61 Å². The molecule has 1 aromatic heterocycles. The van der Waals surface area contributed by atoms with Crippen molar-refractivity contribution < 1.29 is 9.05 Å². The highest BCUT2D eigenvalue weighted by atomic mass is 35.7. The van der Waals surface area contributed by atoms with Gasteiger partial charge in [0.2, 0.25) is 0 Å². The Bertz CT molecular complexity index is 326. The molecule has 0 aliphatic carbocycles. The van der Waals surface area contributed by atoms with Crippen LogP contribution in [0.5, 0.6) is 5.06 Å². The molecule has 0 saturated heterocycles. The van der Waals surface area contributed by atoms with Crippen LogP contribution in [0.15, 0.2) is 11.4 Å². The lowest BCUT2D eigenvalue weighted by molar-refractivity contribution is 0.345. The normalized spacial score (nSPS) is 15.3. The fraction of sp³-hybridized carbons (Fsp3) is 0.429. The lowest BCUT2D eigenvalue weighted by Crippen LogP contribution is -1.91. The molecule has 1 rings (SSSR count). The standard InChI is InChI=1S/C7H10ClO2PS2/c1-3-9-11(8,12)10-7-6(2)4-5-13-7/h4-5H,3H2,1-2H3. The molecule has 1 unspecified atom stereocenters. The molecule has 1 aromatic rings. The van der Waals surface area contributed by atoms with Crippen LogP contribution in [0, 0.1) is 6.92 Å². The first-order valence-corrected chi connectivity index (χ1v) is 8.15. The number of aryl methyl sites for hydroxylation is 1. The topological polar surface area (TPSA) is 18.5 Å². The zero-order valence-electron chi connectivity index (χ0n) is 7.32. The van der Waals surface area contributed by atoms with Crippen molar-refractivity contribution in [3.05, 3.63) is 17.0 Å². The molecule has 1 heterocycles. The first kappa shape index (κ1) is 11.5. The molecule has 0 amide bonds. The third-order valence-corrected chi connectivity index (χ3v) is 4.31. The van der Waals surface area contributed by atoms with Crippen molar-refractivity contribution >= 4 is 40.2 Å². The summed E-state index contributed by atoms with van der Waals surface area (Å²) < 4.78 is 10.5. The zero-order valence-corrected chi connectivity index (χ0v) is 10.6. The van der Waals surface area contributed by atoms with E-state index >= 15 is 0 Å². The Labute approximate surface area is 91.8 Å². The minimum atomic E-state index is -2.59. The van der Waals surface area contributed by atoms with Gasteiger partial charge in [0.25, 0.3) is 0 Å². The van der Waals surface area contributed by atoms with Crippen LogP contribution >= 0.6 is 28.4 Å². The van der Waals surface area contributed by atoms with Crippen LogP contribution in [0.2, 0.25) is 0 Å². The lowest BCUT2D eigenvalue weighted by Gasteiger charge is -2.14. The van der Waals surface area contributed by atoms with Crippen LogP contribution < -0.4 is 4.52 Å². The van der Waals surface area contributed by atoms with Crippen LogP contribution in [0.25, 0.3) is 0 Å². The summed E-state index contributed by atoms with van der Waals surface area (Å²) in [7, 11) is 0. The number of hydrogen-bond acceptors (Lipinski definition) is 4. The van der Waals surface area contributed by atoms with Crippen molar-refractivity contribution in [3.63, 3.8) is 0 Å². The fourth-order valence-corrected chi connectivity index (χ4v) is 3.88. The average Bonchev–Trinajstić information content (AvgIpc) is 2.35. The van der Waals surface area contributed by atoms with E-state index in [1.54, 1.807) is 0 Å². The molecule has 74 valence electrons. The monoisotopic (exact) mass is 256 g/mol. The maximum Gasteiger partial charge on any atom is 0.333 e. The van der Waals surface area contributed by atoms with E-state index < -0.39 is 5.84 Å². The Hall–Kier alpha value is 0.400. The van der Waals surface area contributed by atoms with E-state index in [1.165, 1.54) is 11.3 Å². The molecule has 0 saturated carbocycles. The molecule has 2 nitrogen and oxygen atoms in total. The number of halogens is 1. The maximum atomic E-state index is 5.89. The summed E-state index contributed by atoms with van der Waals surface area (Å²) in [6.07, 6.45) is 0. The number of thiophene rings is 1. The Balaban J connectivity index is 2.69. The third kappa shape index (κ3) is 3.56. The molecule has 0 aliphatic rings. The van der Waals surface area contributed by atoms with Gasteiger partial charge in [-0.1, -0.05) is 0 Å². The van der Waals surface area contributed by atoms with Crippen molar-refractivity contribution in [2.24, 2.45) is 0 Å². The van der Waals surface area contributed by atoms with Gasteiger partial charge in [0.15, 0.2) is 5.06 Å². The van der Waals surface area contributed by atoms with Gasteiger partial charge in [-0.15, -0.1) is 11.3 Å². The van der Waals surface area contributed by atoms with Gasteiger partial charge in [0.1, 0.15) is 0 Å². The largest absolute Gasteiger partial charge is 0.422 e. The van der Waals surface area contributed by atoms with Gasteiger partial charge < -0.3 is 9.05 Å². The van der Waals surface area contributed by atoms with E-state index in [2.05, 4.69) is 0 Å². The highest BCUT2D eigenvalue weighted by molar-refractivity contribution is 8.22. The zero-order chi connectivity index (χ0) is 9.90. The quantitative estimate of drug-likeness (QED) is 0.761. The summed E-state index contributed by atoms with van der Waals surface area (Å²) in [5.74, 6) is -2.59. The van der Waals surface area contributed by atoms with Gasteiger partial charge in [-0.25, -0.2) is 0 Å². The molecule has 0 bridgehead atoms. The van der Waals surface area contributed by atoms with Gasteiger partial charge in [-0.2, -0.15) is 0 Å². The van der Waals surface area contributed by atoms with E-state index in [0.29, 0.717) is 6.61 Å². The van der Waals surface area contributed by atoms with Crippen LogP contribution in [0.3, 0.4) is 0 Å². The number of rotatable bonds is 4. The van der Waals surface area contributed by atoms with Gasteiger partial charge >= 0.3 is 5.84 Å². The van der Waals surface area contributed by atoms with E-state index in [4.69, 9.17) is 32.1 Å². The molecule has 0 N–H and O–H groups in total. The molecule has 0 radical (unpaired) electrons. The van der Waals surface area contributed by atoms with Crippen molar-refractivity contribution in [1.29, 1.82) is 0 Å². The molecule has 0 spiro atoms. The Morgan fingerprint density at radius 2 is 2.38 bits per heavy atom. The summed E-state index contributed by atoms with van der Waals surface area (Å²) in [6, 6.07) is 1.96. The minimum absolute atomic E-state index is 0.477. The van der Waals surface area contributed by atoms with E-state index in [9.17, 15) is 0 Å². The molecule has 6 heteroatoms. The highest BCUT2D eigenvalue weighted by Crippen LogP contribution is 2.55. The molecular formula is C7H10ClO2PS2. The first-order chi connectivity index (χ1) is 6.05. The van der Waals surface area contributed by atoms with Gasteiger partial charge in [0.05, 0.1) is 6.61 Å². The van der Waals surface area contributed by atoms with Crippen LogP contribution in [-0.2, 0) is 16.3 Å². The van der Waals surface area contributed by atoms with Gasteiger partial charge in [-0.3, -0.25) is 0 Å². The van der Waals surface area contributed by atoms with Gasteiger partial charge in [0, 0.05) is 5.56 Å². The second-order valence-corrected chi connectivity index (χ2v) is 7.89. The number of hydrogen-bond donors (Lipinski definition) is 0. The molecule has 0 aliphatic heterocycles. The minimum Gasteiger partial charge on any atom is -0.422 e. The smallest absolute Gasteiger partial charge is 0.333 e. The van der Waals surface area contributed by atoms with Crippen molar-refractivity contribution in [3.8, 4) is 5.06 Å². The van der Waals surface area contributed by atoms with E-state index in [-0.39, 0.29) is 0 Å². The Morgan fingerprint density at radius 1 is 1.69 bits per heavy atom. The second kappa shape index (κ2) is 4.76. The summed E-state index contributed by atoms with van der Waals surface area (Å²) in [4.78, 5) is 0. The lowest BCUT2D eigenvalue weighted by atomic mass is 10.4. The summed E-state index contributed by atoms with van der Waals surface area (Å²) in [5.41, 5.74) is 1.04. The third-order valence-electron chi connectivity index (χ3n) is 1.29. The summed E-state index contributed by atoms with van der Waals surface area (Å²) in [5, 5.41) is 2.69. The molecule has 1 atom stereocenters. The van der Waals surface area contributed by atoms with E-state index in [1.807, 2.05) is 25.3 Å².